The van der Waals surface area contributed by atoms with Crippen molar-refractivity contribution in [2.24, 2.45) is 5.92 Å². The second-order valence-corrected chi connectivity index (χ2v) is 5.99. The molecule has 0 radical (unpaired) electrons. The van der Waals surface area contributed by atoms with Gasteiger partial charge in [0.1, 0.15) is 0 Å². The van der Waals surface area contributed by atoms with Crippen molar-refractivity contribution in [2.75, 3.05) is 6.61 Å². The highest BCUT2D eigenvalue weighted by molar-refractivity contribution is 5.83. The Kier molecular flexibility index (Phi) is 4.79. The molecule has 1 saturated carbocycles. The first-order valence-electron chi connectivity index (χ1n) is 6.62. The van der Waals surface area contributed by atoms with E-state index in [1.807, 2.05) is 20.8 Å². The number of amides is 1. The fourth-order valence-corrected chi connectivity index (χ4v) is 1.66. The summed E-state index contributed by atoms with van der Waals surface area (Å²) in [5.74, 6) is -0.435. The molecule has 0 aromatic rings. The number of hydrogen-bond acceptors (Lipinski definition) is 5. The maximum Gasteiger partial charge on any atom is 0.422 e. The summed E-state index contributed by atoms with van der Waals surface area (Å²) in [6.07, 6.45) is 1.07. The third kappa shape index (κ3) is 4.70. The smallest absolute Gasteiger partial charge is 0.422 e. The van der Waals surface area contributed by atoms with Gasteiger partial charge in [-0.2, -0.15) is 0 Å². The monoisotopic (exact) mass is 272 g/mol. The van der Waals surface area contributed by atoms with E-state index >= 15 is 0 Å². The molecule has 1 amide bonds. The van der Waals surface area contributed by atoms with Crippen LogP contribution in [0, 0.1) is 5.92 Å². The van der Waals surface area contributed by atoms with Crippen LogP contribution in [0.4, 0.5) is 4.79 Å². The molecule has 6 heteroatoms. The Labute approximate surface area is 114 Å². The molecule has 0 aromatic heterocycles. The Morgan fingerprint density at radius 3 is 2.21 bits per heavy atom. The molecule has 110 valence electrons. The second kappa shape index (κ2) is 5.77. The van der Waals surface area contributed by atoms with Crippen LogP contribution < -0.4 is 10.9 Å². The molecule has 0 saturated heterocycles. The second-order valence-electron chi connectivity index (χ2n) is 5.99. The molecule has 2 N–H and O–H groups in total. The van der Waals surface area contributed by atoms with Crippen LogP contribution in [0.2, 0.25) is 0 Å². The Bertz CT molecular complexity index is 347. The number of esters is 1. The lowest BCUT2D eigenvalue weighted by Crippen LogP contribution is -2.53. The van der Waals surface area contributed by atoms with Gasteiger partial charge in [0.05, 0.1) is 6.61 Å². The van der Waals surface area contributed by atoms with E-state index in [2.05, 4.69) is 10.9 Å². The fraction of sp³-hybridized carbons (Fsp3) is 0.846. The summed E-state index contributed by atoms with van der Waals surface area (Å²) >= 11 is 0. The molecular weight excluding hydrogens is 248 g/mol. The number of ether oxygens (including phenoxy) is 2. The predicted octanol–water partition coefficient (Wildman–Crippen LogP) is 1.75. The van der Waals surface area contributed by atoms with Crippen LogP contribution in [0.3, 0.4) is 0 Å². The van der Waals surface area contributed by atoms with Crippen molar-refractivity contribution in [1.29, 1.82) is 0 Å². The summed E-state index contributed by atoms with van der Waals surface area (Å²) in [5, 5.41) is 0. The van der Waals surface area contributed by atoms with Crippen molar-refractivity contribution in [3.8, 4) is 0 Å². The van der Waals surface area contributed by atoms with Crippen molar-refractivity contribution in [3.05, 3.63) is 0 Å². The van der Waals surface area contributed by atoms with Crippen LogP contribution in [-0.2, 0) is 14.3 Å². The van der Waals surface area contributed by atoms with E-state index in [4.69, 9.17) is 9.47 Å². The van der Waals surface area contributed by atoms with Crippen LogP contribution >= 0.6 is 0 Å². The molecule has 0 aliphatic heterocycles. The topological polar surface area (TPSA) is 76.7 Å². The molecule has 1 unspecified atom stereocenters. The van der Waals surface area contributed by atoms with Gasteiger partial charge in [0, 0.05) is 11.5 Å². The molecule has 1 aliphatic rings. The fourth-order valence-electron chi connectivity index (χ4n) is 1.66. The molecule has 0 bridgehead atoms. The van der Waals surface area contributed by atoms with Crippen molar-refractivity contribution in [3.63, 3.8) is 0 Å². The van der Waals surface area contributed by atoms with E-state index in [1.165, 1.54) is 0 Å². The largest absolute Gasteiger partial charge is 0.463 e. The van der Waals surface area contributed by atoms with Crippen molar-refractivity contribution < 1.29 is 19.1 Å². The minimum atomic E-state index is -1.19. The lowest BCUT2D eigenvalue weighted by Gasteiger charge is -2.28. The number of hydrazine groups is 1. The Hall–Kier alpha value is -1.30. The maximum absolute atomic E-state index is 11.9. The average Bonchev–Trinajstić information content (AvgIpc) is 3.09. The summed E-state index contributed by atoms with van der Waals surface area (Å²) in [4.78, 5) is 23.7. The van der Waals surface area contributed by atoms with Gasteiger partial charge in [-0.1, -0.05) is 0 Å². The number of rotatable bonds is 5. The summed E-state index contributed by atoms with van der Waals surface area (Å²) in [6, 6.07) is 0. The molecule has 1 fully saturated rings. The van der Waals surface area contributed by atoms with Crippen LogP contribution in [0.5, 0.6) is 0 Å². The van der Waals surface area contributed by atoms with Gasteiger partial charge >= 0.3 is 12.1 Å². The molecule has 0 aromatic carbocycles. The first-order valence-corrected chi connectivity index (χ1v) is 6.62. The van der Waals surface area contributed by atoms with Crippen molar-refractivity contribution in [2.45, 2.75) is 58.6 Å². The predicted molar refractivity (Wildman–Crippen MR) is 70.3 cm³/mol. The molecular formula is C13H24N2O4. The highest BCUT2D eigenvalue weighted by Gasteiger charge is 2.52. The van der Waals surface area contributed by atoms with Gasteiger partial charge in [-0.25, -0.2) is 15.0 Å². The standard InChI is InChI=1S/C13H24N2O4/c1-6-18-10(16)13(5,9-7-8-9)19-11(17)14-15-12(2,3)4/h9,15H,6-8H2,1-5H3,(H,14,17). The molecule has 1 rings (SSSR count). The molecule has 0 heterocycles. The zero-order valence-electron chi connectivity index (χ0n) is 12.3. The van der Waals surface area contributed by atoms with Gasteiger partial charge in [-0.3, -0.25) is 5.43 Å². The summed E-state index contributed by atoms with van der Waals surface area (Å²) in [6.45, 7) is 9.31. The summed E-state index contributed by atoms with van der Waals surface area (Å²) < 4.78 is 10.3. The van der Waals surface area contributed by atoms with Gasteiger partial charge < -0.3 is 9.47 Å². The molecule has 0 spiro atoms. The molecule has 6 nitrogen and oxygen atoms in total. The van der Waals surface area contributed by atoms with Gasteiger partial charge in [0.25, 0.3) is 0 Å². The number of hydrogen-bond donors (Lipinski definition) is 2. The van der Waals surface area contributed by atoms with Crippen LogP contribution in [-0.4, -0.2) is 29.8 Å². The Morgan fingerprint density at radius 2 is 1.79 bits per heavy atom. The van der Waals surface area contributed by atoms with E-state index in [0.717, 1.165) is 12.8 Å². The maximum atomic E-state index is 11.9. The highest BCUT2D eigenvalue weighted by atomic mass is 16.6. The Morgan fingerprint density at radius 1 is 1.21 bits per heavy atom. The molecule has 1 aliphatic carbocycles. The quantitative estimate of drug-likeness (QED) is 0.589. The SMILES string of the molecule is CCOC(=O)C(C)(OC(=O)NNC(C)(C)C)C1CC1. The van der Waals surface area contributed by atoms with E-state index in [-0.39, 0.29) is 18.1 Å². The van der Waals surface area contributed by atoms with Gasteiger partial charge in [-0.15, -0.1) is 0 Å². The minimum Gasteiger partial charge on any atom is -0.463 e. The van der Waals surface area contributed by atoms with Crippen LogP contribution in [0.15, 0.2) is 0 Å². The van der Waals surface area contributed by atoms with Gasteiger partial charge in [0.2, 0.25) is 5.60 Å². The first kappa shape index (κ1) is 15.8. The number of carbonyl (C=O) groups is 2. The lowest BCUT2D eigenvalue weighted by molar-refractivity contribution is -0.165. The van der Waals surface area contributed by atoms with E-state index < -0.39 is 17.7 Å². The molecule has 1 atom stereocenters. The highest BCUT2D eigenvalue weighted by Crippen LogP contribution is 2.42. The van der Waals surface area contributed by atoms with Crippen molar-refractivity contribution in [1.82, 2.24) is 10.9 Å². The molecule has 19 heavy (non-hydrogen) atoms. The number of nitrogens with one attached hydrogen (secondary N) is 2. The van der Waals surface area contributed by atoms with Crippen LogP contribution in [0.25, 0.3) is 0 Å². The third-order valence-corrected chi connectivity index (χ3v) is 2.88. The zero-order chi connectivity index (χ0) is 14.7. The normalized spacial score (nSPS) is 18.4. The third-order valence-electron chi connectivity index (χ3n) is 2.88. The summed E-state index contributed by atoms with van der Waals surface area (Å²) in [7, 11) is 0. The lowest BCUT2D eigenvalue weighted by atomic mass is 10.0. The van der Waals surface area contributed by atoms with Crippen LogP contribution in [0.1, 0.15) is 47.5 Å². The Balaban J connectivity index is 2.58. The van der Waals surface area contributed by atoms with Crippen molar-refractivity contribution >= 4 is 12.1 Å². The summed E-state index contributed by atoms with van der Waals surface area (Å²) in [5.41, 5.74) is 3.76. The average molecular weight is 272 g/mol. The van der Waals surface area contributed by atoms with E-state index in [0.29, 0.717) is 0 Å². The first-order chi connectivity index (χ1) is 8.69. The van der Waals surface area contributed by atoms with E-state index in [9.17, 15) is 9.59 Å². The number of carbonyl (C=O) groups excluding carboxylic acids is 2. The minimum absolute atomic E-state index is 0.0481. The zero-order valence-corrected chi connectivity index (χ0v) is 12.3. The van der Waals surface area contributed by atoms with E-state index in [1.54, 1.807) is 13.8 Å². The van der Waals surface area contributed by atoms with Gasteiger partial charge in [0.15, 0.2) is 0 Å². The van der Waals surface area contributed by atoms with Gasteiger partial charge in [-0.05, 0) is 47.5 Å².